The molecule has 1 heterocycles. The normalized spacial score (nSPS) is 13.1. The fraction of sp³-hybridized carbons (Fsp3) is 0.318. The van der Waals surface area contributed by atoms with E-state index in [4.69, 9.17) is 11.6 Å². The van der Waals surface area contributed by atoms with Crippen molar-refractivity contribution in [3.63, 3.8) is 0 Å². The van der Waals surface area contributed by atoms with Crippen molar-refractivity contribution in [2.24, 2.45) is 7.05 Å². The van der Waals surface area contributed by atoms with Gasteiger partial charge in [-0.15, -0.1) is 10.2 Å². The summed E-state index contributed by atoms with van der Waals surface area (Å²) in [5.74, 6) is 1.07. The molecule has 1 amide bonds. The highest BCUT2D eigenvalue weighted by Gasteiger charge is 2.21. The molecule has 3 rings (SSSR count). The quantitative estimate of drug-likeness (QED) is 0.485. The van der Waals surface area contributed by atoms with E-state index < -0.39 is 0 Å². The Balaban J connectivity index is 1.72. The molecule has 3 aromatic rings. The van der Waals surface area contributed by atoms with Gasteiger partial charge in [0.1, 0.15) is 0 Å². The molecule has 2 unspecified atom stereocenters. The van der Waals surface area contributed by atoms with Gasteiger partial charge in [-0.25, -0.2) is 0 Å². The largest absolute Gasteiger partial charge is 0.325 e. The minimum Gasteiger partial charge on any atom is -0.325 e. The van der Waals surface area contributed by atoms with Crippen LogP contribution < -0.4 is 5.32 Å². The van der Waals surface area contributed by atoms with E-state index in [1.807, 2.05) is 61.0 Å². The van der Waals surface area contributed by atoms with E-state index in [1.54, 1.807) is 0 Å². The Morgan fingerprint density at radius 2 is 1.83 bits per heavy atom. The molecule has 0 aliphatic carbocycles. The molecule has 0 fully saturated rings. The average Bonchev–Trinajstić information content (AvgIpc) is 3.08. The van der Waals surface area contributed by atoms with Crippen LogP contribution in [0.1, 0.15) is 38.7 Å². The summed E-state index contributed by atoms with van der Waals surface area (Å²) >= 11 is 7.35. The van der Waals surface area contributed by atoms with Gasteiger partial charge in [0.15, 0.2) is 11.0 Å². The fourth-order valence-corrected chi connectivity index (χ4v) is 3.92. The molecule has 0 aliphatic heterocycles. The summed E-state index contributed by atoms with van der Waals surface area (Å²) in [6.07, 6.45) is 1.02. The van der Waals surface area contributed by atoms with Gasteiger partial charge in [0.2, 0.25) is 5.91 Å². The molecule has 0 bridgehead atoms. The van der Waals surface area contributed by atoms with E-state index in [1.165, 1.54) is 11.8 Å². The Morgan fingerprint density at radius 3 is 2.52 bits per heavy atom. The number of para-hydroxylation sites is 1. The molecule has 1 aromatic heterocycles. The van der Waals surface area contributed by atoms with Crippen molar-refractivity contribution in [1.29, 1.82) is 0 Å². The first-order chi connectivity index (χ1) is 13.9. The highest BCUT2D eigenvalue weighted by Crippen LogP contribution is 2.29. The monoisotopic (exact) mass is 428 g/mol. The minimum atomic E-state index is -0.319. The lowest BCUT2D eigenvalue weighted by atomic mass is 9.97. The molecule has 152 valence electrons. The highest BCUT2D eigenvalue weighted by atomic mass is 35.5. The molecule has 0 saturated heterocycles. The molecule has 1 N–H and O–H groups in total. The lowest BCUT2D eigenvalue weighted by Crippen LogP contribution is -2.23. The van der Waals surface area contributed by atoms with Crippen molar-refractivity contribution in [3.05, 3.63) is 59.1 Å². The van der Waals surface area contributed by atoms with Gasteiger partial charge in [0.05, 0.1) is 5.25 Å². The summed E-state index contributed by atoms with van der Waals surface area (Å²) < 4.78 is 1.89. The zero-order chi connectivity index (χ0) is 21.0. The molecule has 0 radical (unpaired) electrons. The van der Waals surface area contributed by atoms with Crippen LogP contribution >= 0.6 is 23.4 Å². The summed E-state index contributed by atoms with van der Waals surface area (Å²) in [6, 6.07) is 15.4. The molecular weight excluding hydrogens is 404 g/mol. The van der Waals surface area contributed by atoms with Gasteiger partial charge < -0.3 is 9.88 Å². The zero-order valence-corrected chi connectivity index (χ0v) is 18.6. The summed E-state index contributed by atoms with van der Waals surface area (Å²) in [5, 5.41) is 12.7. The number of hydrogen-bond acceptors (Lipinski definition) is 4. The third-order valence-electron chi connectivity index (χ3n) is 4.95. The predicted molar refractivity (Wildman–Crippen MR) is 121 cm³/mol. The first-order valence-corrected chi connectivity index (χ1v) is 10.9. The SMILES string of the molecule is CCC(C)c1ccccc1NC(=O)C(C)Sc1nnc(-c2ccc(Cl)cc2)n1C. The summed E-state index contributed by atoms with van der Waals surface area (Å²) in [7, 11) is 1.90. The molecule has 0 spiro atoms. The fourth-order valence-electron chi connectivity index (χ4n) is 2.97. The van der Waals surface area contributed by atoms with Crippen LogP contribution in [0.4, 0.5) is 5.69 Å². The maximum Gasteiger partial charge on any atom is 0.237 e. The van der Waals surface area contributed by atoms with Gasteiger partial charge in [0, 0.05) is 23.3 Å². The van der Waals surface area contributed by atoms with Crippen molar-refractivity contribution < 1.29 is 4.79 Å². The second-order valence-electron chi connectivity index (χ2n) is 7.02. The molecular formula is C22H25ClN4OS. The third-order valence-corrected chi connectivity index (χ3v) is 6.34. The number of nitrogens with one attached hydrogen (secondary N) is 1. The molecule has 5 nitrogen and oxygen atoms in total. The van der Waals surface area contributed by atoms with Crippen molar-refractivity contribution in [1.82, 2.24) is 14.8 Å². The number of carbonyl (C=O) groups excluding carboxylic acids is 1. The number of thioether (sulfide) groups is 1. The molecule has 7 heteroatoms. The summed E-state index contributed by atoms with van der Waals surface area (Å²) in [4.78, 5) is 12.8. The third kappa shape index (κ3) is 5.00. The number of amides is 1. The van der Waals surface area contributed by atoms with Crippen LogP contribution in [0, 0.1) is 0 Å². The standard InChI is InChI=1S/C22H25ClN4OS/c1-5-14(2)18-8-6-7-9-19(18)24-21(28)15(3)29-22-26-25-20(27(22)4)16-10-12-17(23)13-11-16/h6-15H,5H2,1-4H3,(H,24,28). The van der Waals surface area contributed by atoms with Gasteiger partial charge >= 0.3 is 0 Å². The van der Waals surface area contributed by atoms with Gasteiger partial charge in [-0.3, -0.25) is 4.79 Å². The van der Waals surface area contributed by atoms with Crippen molar-refractivity contribution in [2.45, 2.75) is 43.5 Å². The Bertz CT molecular complexity index is 987. The first kappa shape index (κ1) is 21.4. The second kappa shape index (κ2) is 9.46. The topological polar surface area (TPSA) is 59.8 Å². The molecule has 2 atom stereocenters. The number of nitrogens with zero attached hydrogens (tertiary/aromatic N) is 3. The number of aromatic nitrogens is 3. The van der Waals surface area contributed by atoms with E-state index in [9.17, 15) is 4.79 Å². The van der Waals surface area contributed by atoms with E-state index in [0.29, 0.717) is 16.1 Å². The number of rotatable bonds is 7. The highest BCUT2D eigenvalue weighted by molar-refractivity contribution is 8.00. The molecule has 0 saturated carbocycles. The minimum absolute atomic E-state index is 0.0539. The van der Waals surface area contributed by atoms with Crippen LogP contribution in [0.2, 0.25) is 5.02 Å². The maximum atomic E-state index is 12.8. The van der Waals surface area contributed by atoms with Crippen LogP contribution in [0.15, 0.2) is 53.7 Å². The van der Waals surface area contributed by atoms with E-state index in [0.717, 1.165) is 29.1 Å². The molecule has 29 heavy (non-hydrogen) atoms. The number of benzene rings is 2. The number of carbonyl (C=O) groups is 1. The van der Waals surface area contributed by atoms with Crippen molar-refractivity contribution in [2.75, 3.05) is 5.32 Å². The lowest BCUT2D eigenvalue weighted by molar-refractivity contribution is -0.115. The van der Waals surface area contributed by atoms with E-state index >= 15 is 0 Å². The van der Waals surface area contributed by atoms with Gasteiger partial charge in [-0.2, -0.15) is 0 Å². The van der Waals surface area contributed by atoms with E-state index in [2.05, 4.69) is 35.4 Å². The Kier molecular flexibility index (Phi) is 6.98. The smallest absolute Gasteiger partial charge is 0.237 e. The van der Waals surface area contributed by atoms with Crippen LogP contribution in [0.5, 0.6) is 0 Å². The zero-order valence-electron chi connectivity index (χ0n) is 17.0. The first-order valence-electron chi connectivity index (χ1n) is 9.62. The molecule has 0 aliphatic rings. The maximum absolute atomic E-state index is 12.8. The number of halogens is 1. The Labute approximate surface area is 180 Å². The summed E-state index contributed by atoms with van der Waals surface area (Å²) in [5.41, 5.74) is 2.96. The van der Waals surface area contributed by atoms with Gasteiger partial charge in [0.25, 0.3) is 0 Å². The average molecular weight is 429 g/mol. The van der Waals surface area contributed by atoms with Crippen LogP contribution in [0.3, 0.4) is 0 Å². The lowest BCUT2D eigenvalue weighted by Gasteiger charge is -2.17. The summed E-state index contributed by atoms with van der Waals surface area (Å²) in [6.45, 7) is 6.19. The van der Waals surface area contributed by atoms with Crippen LogP contribution in [-0.2, 0) is 11.8 Å². The van der Waals surface area contributed by atoms with Crippen LogP contribution in [0.25, 0.3) is 11.4 Å². The number of anilines is 1. The predicted octanol–water partition coefficient (Wildman–Crippen LogP) is 5.77. The van der Waals surface area contributed by atoms with Gasteiger partial charge in [-0.1, -0.05) is 55.4 Å². The second-order valence-corrected chi connectivity index (χ2v) is 8.76. The van der Waals surface area contributed by atoms with Crippen molar-refractivity contribution in [3.8, 4) is 11.4 Å². The Morgan fingerprint density at radius 1 is 1.14 bits per heavy atom. The van der Waals surface area contributed by atoms with Gasteiger partial charge in [-0.05, 0) is 55.2 Å². The number of hydrogen-bond donors (Lipinski definition) is 1. The van der Waals surface area contributed by atoms with Crippen LogP contribution in [-0.4, -0.2) is 25.9 Å². The molecule has 2 aromatic carbocycles. The van der Waals surface area contributed by atoms with Crippen molar-refractivity contribution >= 4 is 35.0 Å². The Hall–Kier alpha value is -2.31. The van der Waals surface area contributed by atoms with E-state index in [-0.39, 0.29) is 11.2 Å².